The molecule has 0 spiro atoms. The van der Waals surface area contributed by atoms with Gasteiger partial charge in [0.15, 0.2) is 0 Å². The fourth-order valence-corrected chi connectivity index (χ4v) is 3.95. The van der Waals surface area contributed by atoms with Crippen LogP contribution in [0.15, 0.2) is 36.8 Å². The van der Waals surface area contributed by atoms with Gasteiger partial charge in [-0.15, -0.1) is 0 Å². The predicted octanol–water partition coefficient (Wildman–Crippen LogP) is 2.59. The lowest BCUT2D eigenvalue weighted by molar-refractivity contribution is 0.0518. The number of hydrogen-bond donors (Lipinski definition) is 0. The molecule has 0 saturated carbocycles. The van der Waals surface area contributed by atoms with Crippen LogP contribution in [-0.4, -0.2) is 37.7 Å². The summed E-state index contributed by atoms with van der Waals surface area (Å²) in [6, 6.07) is 6.59. The highest BCUT2D eigenvalue weighted by atomic mass is 16.2. The van der Waals surface area contributed by atoms with Crippen molar-refractivity contribution >= 4 is 5.91 Å². The van der Waals surface area contributed by atoms with Crippen molar-refractivity contribution in [2.75, 3.05) is 0 Å². The number of nitrogens with zero attached hydrogens (tertiary/aromatic N) is 4. The van der Waals surface area contributed by atoms with Gasteiger partial charge < -0.3 is 4.90 Å². The Bertz CT molecular complexity index is 667. The molecular formula is C17H20N4O. The minimum atomic E-state index is 0.0863. The summed E-state index contributed by atoms with van der Waals surface area (Å²) in [6.07, 6.45) is 9.90. The molecule has 2 unspecified atom stereocenters. The van der Waals surface area contributed by atoms with E-state index in [-0.39, 0.29) is 5.91 Å². The average Bonchev–Trinajstić information content (AvgIpc) is 3.09. The molecule has 2 aliphatic heterocycles. The molecule has 5 nitrogen and oxygen atoms in total. The quantitative estimate of drug-likeness (QED) is 0.856. The van der Waals surface area contributed by atoms with Gasteiger partial charge >= 0.3 is 0 Å². The Kier molecular flexibility index (Phi) is 3.21. The van der Waals surface area contributed by atoms with Gasteiger partial charge in [0.25, 0.3) is 5.91 Å². The van der Waals surface area contributed by atoms with E-state index < -0.39 is 0 Å². The number of aromatic nitrogens is 3. The van der Waals surface area contributed by atoms with E-state index in [0.29, 0.717) is 23.8 Å². The summed E-state index contributed by atoms with van der Waals surface area (Å²) in [6.45, 7) is 2.07. The van der Waals surface area contributed by atoms with Gasteiger partial charge in [0.05, 0.1) is 12.2 Å². The predicted molar refractivity (Wildman–Crippen MR) is 82.5 cm³/mol. The summed E-state index contributed by atoms with van der Waals surface area (Å²) in [7, 11) is 0. The third-order valence-electron chi connectivity index (χ3n) is 4.93. The Balaban J connectivity index is 1.55. The Morgan fingerprint density at radius 3 is 2.55 bits per heavy atom. The summed E-state index contributed by atoms with van der Waals surface area (Å²) in [5, 5.41) is 4.47. The second-order valence-corrected chi connectivity index (χ2v) is 6.44. The largest absolute Gasteiger partial charge is 0.331 e. The maximum Gasteiger partial charge on any atom is 0.272 e. The molecule has 0 aromatic carbocycles. The van der Waals surface area contributed by atoms with E-state index >= 15 is 0 Å². The van der Waals surface area contributed by atoms with Crippen molar-refractivity contribution in [3.8, 4) is 0 Å². The Morgan fingerprint density at radius 2 is 1.95 bits per heavy atom. The van der Waals surface area contributed by atoms with Crippen LogP contribution in [0, 0.1) is 6.92 Å². The van der Waals surface area contributed by atoms with Crippen molar-refractivity contribution in [3.05, 3.63) is 48.0 Å². The average molecular weight is 296 g/mol. The summed E-state index contributed by atoms with van der Waals surface area (Å²) in [5.74, 6) is 0.0863. The highest BCUT2D eigenvalue weighted by Gasteiger charge is 2.44. The first-order chi connectivity index (χ1) is 10.7. The van der Waals surface area contributed by atoms with Gasteiger partial charge in [-0.3, -0.25) is 14.5 Å². The van der Waals surface area contributed by atoms with E-state index in [1.807, 2.05) is 24.4 Å². The van der Waals surface area contributed by atoms with Crippen molar-refractivity contribution in [1.29, 1.82) is 0 Å². The van der Waals surface area contributed by atoms with Crippen LogP contribution in [0.25, 0.3) is 0 Å². The van der Waals surface area contributed by atoms with E-state index in [1.165, 1.54) is 5.56 Å². The molecule has 4 heterocycles. The molecule has 2 fully saturated rings. The van der Waals surface area contributed by atoms with Crippen molar-refractivity contribution < 1.29 is 4.79 Å². The molecule has 2 saturated heterocycles. The molecule has 5 heteroatoms. The van der Waals surface area contributed by atoms with Gasteiger partial charge in [-0.1, -0.05) is 6.07 Å². The third kappa shape index (κ3) is 2.21. The second kappa shape index (κ2) is 5.23. The van der Waals surface area contributed by atoms with Crippen LogP contribution >= 0.6 is 0 Å². The number of hydrogen-bond acceptors (Lipinski definition) is 3. The molecule has 2 aromatic rings. The first-order valence-electron chi connectivity index (χ1n) is 7.97. The Hall–Kier alpha value is -2.17. The lowest BCUT2D eigenvalue weighted by atomic mass is 9.97. The topological polar surface area (TPSA) is 51.0 Å². The lowest BCUT2D eigenvalue weighted by Crippen LogP contribution is -2.47. The molecule has 0 aliphatic carbocycles. The zero-order chi connectivity index (χ0) is 15.1. The van der Waals surface area contributed by atoms with Crippen LogP contribution in [0.2, 0.25) is 0 Å². The zero-order valence-electron chi connectivity index (χ0n) is 12.7. The molecule has 2 aliphatic rings. The third-order valence-corrected chi connectivity index (χ3v) is 4.93. The highest BCUT2D eigenvalue weighted by Crippen LogP contribution is 2.41. The summed E-state index contributed by atoms with van der Waals surface area (Å²) >= 11 is 0. The molecule has 2 atom stereocenters. The Labute approximate surface area is 130 Å². The van der Waals surface area contributed by atoms with Crippen molar-refractivity contribution in [2.45, 2.75) is 50.7 Å². The first kappa shape index (κ1) is 13.5. The van der Waals surface area contributed by atoms with E-state index in [2.05, 4.69) is 32.8 Å². The summed E-state index contributed by atoms with van der Waals surface area (Å²) < 4.78 is 2.09. The molecule has 114 valence electrons. The van der Waals surface area contributed by atoms with E-state index in [0.717, 1.165) is 25.7 Å². The lowest BCUT2D eigenvalue weighted by Gasteiger charge is -2.38. The van der Waals surface area contributed by atoms with Crippen molar-refractivity contribution in [3.63, 3.8) is 0 Å². The Morgan fingerprint density at radius 1 is 1.18 bits per heavy atom. The maximum absolute atomic E-state index is 12.7. The standard InChI is InChI=1S/C17H20N4O/c1-12-10-19-20(11-12)15-8-13-5-6-14(9-15)21(13)17(22)16-4-2-3-7-18-16/h2-4,7,10-11,13-15H,5-6,8-9H2,1H3. The molecule has 0 N–H and O–H groups in total. The normalized spacial score (nSPS) is 27.1. The van der Waals surface area contributed by atoms with Gasteiger partial charge in [-0.05, 0) is 50.3 Å². The fraction of sp³-hybridized carbons (Fsp3) is 0.471. The van der Waals surface area contributed by atoms with Gasteiger partial charge in [0.2, 0.25) is 0 Å². The van der Waals surface area contributed by atoms with E-state index in [9.17, 15) is 4.79 Å². The molecule has 1 amide bonds. The smallest absolute Gasteiger partial charge is 0.272 e. The van der Waals surface area contributed by atoms with Gasteiger partial charge in [0.1, 0.15) is 5.69 Å². The second-order valence-electron chi connectivity index (χ2n) is 6.44. The number of carbonyl (C=O) groups is 1. The van der Waals surface area contributed by atoms with Gasteiger partial charge in [-0.25, -0.2) is 0 Å². The number of rotatable bonds is 2. The van der Waals surface area contributed by atoms with Crippen LogP contribution in [0.5, 0.6) is 0 Å². The number of piperidine rings is 1. The maximum atomic E-state index is 12.7. The molecule has 22 heavy (non-hydrogen) atoms. The highest BCUT2D eigenvalue weighted by molar-refractivity contribution is 5.93. The van der Waals surface area contributed by atoms with Crippen molar-refractivity contribution in [2.24, 2.45) is 0 Å². The minimum absolute atomic E-state index is 0.0863. The van der Waals surface area contributed by atoms with E-state index in [1.54, 1.807) is 6.20 Å². The van der Waals surface area contributed by atoms with Crippen LogP contribution in [0.3, 0.4) is 0 Å². The van der Waals surface area contributed by atoms with Crippen LogP contribution in [-0.2, 0) is 0 Å². The molecule has 2 bridgehead atoms. The van der Waals surface area contributed by atoms with E-state index in [4.69, 9.17) is 0 Å². The summed E-state index contributed by atoms with van der Waals surface area (Å²) in [4.78, 5) is 19.0. The van der Waals surface area contributed by atoms with Crippen molar-refractivity contribution in [1.82, 2.24) is 19.7 Å². The SMILES string of the molecule is Cc1cnn(C2CC3CCC(C2)N3C(=O)c2ccccn2)c1. The zero-order valence-corrected chi connectivity index (χ0v) is 12.7. The monoisotopic (exact) mass is 296 g/mol. The molecule has 4 rings (SSSR count). The summed E-state index contributed by atoms with van der Waals surface area (Å²) in [5.41, 5.74) is 1.76. The van der Waals surface area contributed by atoms with Crippen LogP contribution in [0.1, 0.15) is 47.8 Å². The fourth-order valence-electron chi connectivity index (χ4n) is 3.95. The molecule has 0 radical (unpaired) electrons. The van der Waals surface area contributed by atoms with Gasteiger partial charge in [-0.2, -0.15) is 5.10 Å². The number of amides is 1. The minimum Gasteiger partial charge on any atom is -0.331 e. The van der Waals surface area contributed by atoms with Crippen LogP contribution < -0.4 is 0 Å². The molecular weight excluding hydrogens is 276 g/mol. The molecule has 2 aromatic heterocycles. The number of carbonyl (C=O) groups excluding carboxylic acids is 1. The van der Waals surface area contributed by atoms with Crippen LogP contribution in [0.4, 0.5) is 0 Å². The number of aryl methyl sites for hydroxylation is 1. The number of fused-ring (bicyclic) bond motifs is 2. The first-order valence-corrected chi connectivity index (χ1v) is 7.97. The number of pyridine rings is 1. The van der Waals surface area contributed by atoms with Gasteiger partial charge in [0, 0.05) is 24.5 Å².